The average molecular weight is 273 g/mol. The van der Waals surface area contributed by atoms with E-state index in [4.69, 9.17) is 10.7 Å². The molecular weight excluding hydrogens is 266 g/mol. The topological polar surface area (TPSA) is 63.6 Å². The van der Waals surface area contributed by atoms with Crippen LogP contribution in [0.15, 0.2) is 6.07 Å². The zero-order valence-corrected chi connectivity index (χ0v) is 9.57. The van der Waals surface area contributed by atoms with Crippen molar-refractivity contribution < 1.29 is 27.0 Å². The monoisotopic (exact) mass is 272 g/mol. The third-order valence-corrected chi connectivity index (χ3v) is 2.74. The van der Waals surface area contributed by atoms with Crippen LogP contribution >= 0.6 is 10.7 Å². The molecule has 0 spiro atoms. The van der Waals surface area contributed by atoms with Crippen LogP contribution in [0.5, 0.6) is 11.5 Å². The van der Waals surface area contributed by atoms with Crippen molar-refractivity contribution in [3.63, 3.8) is 0 Å². The molecule has 0 unspecified atom stereocenters. The second-order valence-corrected chi connectivity index (χ2v) is 5.66. The van der Waals surface area contributed by atoms with Gasteiger partial charge in [-0.1, -0.05) is 0 Å². The Morgan fingerprint density at radius 3 is 2.44 bits per heavy atom. The van der Waals surface area contributed by atoms with Gasteiger partial charge in [0.25, 0.3) is 0 Å². The first-order chi connectivity index (χ1) is 7.26. The van der Waals surface area contributed by atoms with Crippen molar-refractivity contribution in [2.24, 2.45) is 0 Å². The first-order valence-corrected chi connectivity index (χ1v) is 6.40. The first-order valence-electron chi connectivity index (χ1n) is 3.92. The number of ether oxygens (including phenoxy) is 1. The van der Waals surface area contributed by atoms with Crippen LogP contribution in [0.3, 0.4) is 0 Å². The maximum absolute atomic E-state index is 13.2. The van der Waals surface area contributed by atoms with E-state index in [1.54, 1.807) is 0 Å². The molecule has 90 valence electrons. The summed E-state index contributed by atoms with van der Waals surface area (Å²) in [5, 5.41) is 9.39. The normalized spacial score (nSPS) is 11.5. The standard InChI is InChI=1S/C8H7ClF2O4S/c1-15-8-6(11)2-5(10)4(7(8)12)3-16(9,13)14/h2,12H,3H2,1H3. The lowest BCUT2D eigenvalue weighted by molar-refractivity contribution is 0.345. The van der Waals surface area contributed by atoms with Crippen molar-refractivity contribution in [1.29, 1.82) is 0 Å². The summed E-state index contributed by atoms with van der Waals surface area (Å²) in [6, 6.07) is 0.413. The molecule has 0 heterocycles. The van der Waals surface area contributed by atoms with Crippen LogP contribution in [0.4, 0.5) is 8.78 Å². The van der Waals surface area contributed by atoms with Gasteiger partial charge in [0.2, 0.25) is 9.05 Å². The molecule has 1 aromatic rings. The summed E-state index contributed by atoms with van der Waals surface area (Å²) in [4.78, 5) is 0. The predicted octanol–water partition coefficient (Wildman–Crippen LogP) is 1.75. The molecule has 0 aliphatic carbocycles. The minimum Gasteiger partial charge on any atom is -0.504 e. The Balaban J connectivity index is 3.40. The van der Waals surface area contributed by atoms with Gasteiger partial charge in [-0.25, -0.2) is 17.2 Å². The maximum Gasteiger partial charge on any atom is 0.237 e. The van der Waals surface area contributed by atoms with Crippen molar-refractivity contribution in [2.45, 2.75) is 5.75 Å². The molecule has 0 fully saturated rings. The molecule has 0 atom stereocenters. The molecule has 0 radical (unpaired) electrons. The van der Waals surface area contributed by atoms with Crippen LogP contribution in [-0.4, -0.2) is 20.6 Å². The van der Waals surface area contributed by atoms with Gasteiger partial charge in [-0.3, -0.25) is 0 Å². The zero-order valence-electron chi connectivity index (χ0n) is 8.00. The minimum atomic E-state index is -4.07. The molecular formula is C8H7ClF2O4S. The Bertz CT molecular complexity index is 515. The molecule has 0 bridgehead atoms. The molecule has 0 saturated heterocycles. The van der Waals surface area contributed by atoms with Gasteiger partial charge in [0.05, 0.1) is 12.9 Å². The van der Waals surface area contributed by atoms with E-state index in [-0.39, 0.29) is 0 Å². The van der Waals surface area contributed by atoms with Crippen LogP contribution in [-0.2, 0) is 14.8 Å². The lowest BCUT2D eigenvalue weighted by Gasteiger charge is -2.09. The molecule has 0 aliphatic heterocycles. The lowest BCUT2D eigenvalue weighted by atomic mass is 10.2. The van der Waals surface area contributed by atoms with E-state index >= 15 is 0 Å². The van der Waals surface area contributed by atoms with Gasteiger partial charge in [0.1, 0.15) is 5.82 Å². The molecule has 0 aromatic heterocycles. The summed E-state index contributed by atoms with van der Waals surface area (Å²) in [6.45, 7) is 0. The van der Waals surface area contributed by atoms with E-state index in [0.717, 1.165) is 7.11 Å². The fraction of sp³-hybridized carbons (Fsp3) is 0.250. The van der Waals surface area contributed by atoms with Gasteiger partial charge in [0, 0.05) is 22.3 Å². The maximum atomic E-state index is 13.2. The van der Waals surface area contributed by atoms with Crippen molar-refractivity contribution in [3.8, 4) is 11.5 Å². The third-order valence-electron chi connectivity index (χ3n) is 1.78. The fourth-order valence-electron chi connectivity index (χ4n) is 1.13. The van der Waals surface area contributed by atoms with Crippen LogP contribution in [0.25, 0.3) is 0 Å². The summed E-state index contributed by atoms with van der Waals surface area (Å²) in [5.74, 6) is -4.84. The van der Waals surface area contributed by atoms with E-state index in [1.165, 1.54) is 0 Å². The number of rotatable bonds is 3. The van der Waals surface area contributed by atoms with Crippen molar-refractivity contribution >= 4 is 19.7 Å². The molecule has 0 saturated carbocycles. The van der Waals surface area contributed by atoms with E-state index in [2.05, 4.69) is 4.74 Å². The van der Waals surface area contributed by atoms with Gasteiger partial charge in [-0.15, -0.1) is 0 Å². The number of aromatic hydroxyl groups is 1. The van der Waals surface area contributed by atoms with Crippen LogP contribution in [0.1, 0.15) is 5.56 Å². The van der Waals surface area contributed by atoms with Gasteiger partial charge >= 0.3 is 0 Å². The highest BCUT2D eigenvalue weighted by atomic mass is 35.7. The fourth-order valence-corrected chi connectivity index (χ4v) is 2.08. The SMILES string of the molecule is COc1c(F)cc(F)c(CS(=O)(=O)Cl)c1O. The number of benzene rings is 1. The quantitative estimate of drug-likeness (QED) is 0.852. The Labute approximate surface area is 94.8 Å². The first kappa shape index (κ1) is 13.0. The van der Waals surface area contributed by atoms with E-state index < -0.39 is 43.5 Å². The predicted molar refractivity (Wildman–Crippen MR) is 53.1 cm³/mol. The second-order valence-electron chi connectivity index (χ2n) is 2.88. The van der Waals surface area contributed by atoms with E-state index in [1.807, 2.05) is 0 Å². The summed E-state index contributed by atoms with van der Waals surface area (Å²) in [5.41, 5.74) is -0.631. The van der Waals surface area contributed by atoms with Gasteiger partial charge < -0.3 is 9.84 Å². The van der Waals surface area contributed by atoms with Crippen LogP contribution < -0.4 is 4.74 Å². The second kappa shape index (κ2) is 4.42. The average Bonchev–Trinajstić information content (AvgIpc) is 2.11. The molecule has 4 nitrogen and oxygen atoms in total. The van der Waals surface area contributed by atoms with Crippen molar-refractivity contribution in [2.75, 3.05) is 7.11 Å². The van der Waals surface area contributed by atoms with Gasteiger partial charge in [-0.05, 0) is 0 Å². The lowest BCUT2D eigenvalue weighted by Crippen LogP contribution is -2.02. The Kier molecular flexibility index (Phi) is 3.59. The Morgan fingerprint density at radius 1 is 1.44 bits per heavy atom. The smallest absolute Gasteiger partial charge is 0.237 e. The summed E-state index contributed by atoms with van der Waals surface area (Å²) >= 11 is 0. The number of methoxy groups -OCH3 is 1. The zero-order chi connectivity index (χ0) is 12.5. The number of halogens is 3. The van der Waals surface area contributed by atoms with Gasteiger partial charge in [-0.2, -0.15) is 0 Å². The van der Waals surface area contributed by atoms with E-state index in [0.29, 0.717) is 6.07 Å². The third kappa shape index (κ3) is 2.73. The highest BCUT2D eigenvalue weighted by molar-refractivity contribution is 8.13. The number of phenolic OH excluding ortho intramolecular Hbond substituents is 1. The summed E-state index contributed by atoms with van der Waals surface area (Å²) < 4.78 is 52.1. The van der Waals surface area contributed by atoms with Crippen LogP contribution in [0.2, 0.25) is 0 Å². The molecule has 16 heavy (non-hydrogen) atoms. The molecule has 0 aliphatic rings. The van der Waals surface area contributed by atoms with Crippen molar-refractivity contribution in [1.82, 2.24) is 0 Å². The summed E-state index contributed by atoms with van der Waals surface area (Å²) in [7, 11) is 1.89. The molecule has 8 heteroatoms. The highest BCUT2D eigenvalue weighted by Crippen LogP contribution is 2.35. The molecule has 1 N–H and O–H groups in total. The summed E-state index contributed by atoms with van der Waals surface area (Å²) in [6.07, 6.45) is 0. The highest BCUT2D eigenvalue weighted by Gasteiger charge is 2.22. The largest absolute Gasteiger partial charge is 0.504 e. The molecule has 0 amide bonds. The number of phenols is 1. The van der Waals surface area contributed by atoms with Gasteiger partial charge in [0.15, 0.2) is 17.3 Å². The molecule has 1 aromatic carbocycles. The van der Waals surface area contributed by atoms with Crippen LogP contribution in [0, 0.1) is 11.6 Å². The minimum absolute atomic E-state index is 0.413. The Morgan fingerprint density at radius 2 is 2.00 bits per heavy atom. The molecule has 1 rings (SSSR count). The number of hydrogen-bond donors (Lipinski definition) is 1. The Hall–Kier alpha value is -1.08. The number of hydrogen-bond acceptors (Lipinski definition) is 4. The van der Waals surface area contributed by atoms with E-state index in [9.17, 15) is 22.3 Å². The van der Waals surface area contributed by atoms with Crippen molar-refractivity contribution in [3.05, 3.63) is 23.3 Å².